The van der Waals surface area contributed by atoms with E-state index < -0.39 is 0 Å². The number of rotatable bonds is 7. The van der Waals surface area contributed by atoms with Crippen LogP contribution in [0.1, 0.15) is 45.6 Å². The van der Waals surface area contributed by atoms with Crippen LogP contribution < -0.4 is 10.2 Å². The van der Waals surface area contributed by atoms with Crippen molar-refractivity contribution in [1.82, 2.24) is 15.2 Å². The molecule has 0 amide bonds. The highest BCUT2D eigenvalue weighted by Gasteiger charge is 2.20. The van der Waals surface area contributed by atoms with Crippen LogP contribution in [0.4, 0.5) is 5.82 Å². The number of hydrogen-bond donors (Lipinski definition) is 1. The van der Waals surface area contributed by atoms with Crippen molar-refractivity contribution in [3.05, 3.63) is 23.9 Å². The van der Waals surface area contributed by atoms with E-state index in [1.54, 1.807) is 0 Å². The minimum Gasteiger partial charge on any atom is -0.357 e. The highest BCUT2D eigenvalue weighted by atomic mass is 15.2. The Labute approximate surface area is 135 Å². The molecule has 0 atom stereocenters. The van der Waals surface area contributed by atoms with Crippen molar-refractivity contribution >= 4 is 5.82 Å². The third kappa shape index (κ3) is 4.68. The van der Waals surface area contributed by atoms with Gasteiger partial charge in [-0.3, -0.25) is 4.90 Å². The summed E-state index contributed by atoms with van der Waals surface area (Å²) < 4.78 is 0. The van der Waals surface area contributed by atoms with Crippen LogP contribution in [-0.2, 0) is 6.54 Å². The van der Waals surface area contributed by atoms with Crippen molar-refractivity contribution < 1.29 is 0 Å². The Hall–Kier alpha value is -1.13. The maximum absolute atomic E-state index is 4.65. The Balaban J connectivity index is 2.00. The summed E-state index contributed by atoms with van der Waals surface area (Å²) in [5.74, 6) is 1.06. The van der Waals surface area contributed by atoms with E-state index in [1.165, 1.54) is 31.4 Å². The molecule has 124 valence electrons. The predicted molar refractivity (Wildman–Crippen MR) is 94.4 cm³/mol. The van der Waals surface area contributed by atoms with Crippen LogP contribution in [-0.4, -0.2) is 48.6 Å². The molecular formula is C18H32N4. The lowest BCUT2D eigenvalue weighted by Gasteiger charge is -2.34. The van der Waals surface area contributed by atoms with Crippen LogP contribution >= 0.6 is 0 Å². The van der Waals surface area contributed by atoms with E-state index >= 15 is 0 Å². The van der Waals surface area contributed by atoms with Crippen LogP contribution in [0, 0.1) is 0 Å². The predicted octanol–water partition coefficient (Wildman–Crippen LogP) is 2.89. The summed E-state index contributed by atoms with van der Waals surface area (Å²) >= 11 is 0. The van der Waals surface area contributed by atoms with Crippen molar-refractivity contribution in [3.8, 4) is 0 Å². The zero-order valence-electron chi connectivity index (χ0n) is 14.7. The molecule has 0 radical (unpaired) electrons. The van der Waals surface area contributed by atoms with E-state index in [0.717, 1.165) is 31.5 Å². The van der Waals surface area contributed by atoms with Gasteiger partial charge < -0.3 is 10.2 Å². The molecule has 4 nitrogen and oxygen atoms in total. The molecule has 0 aliphatic carbocycles. The van der Waals surface area contributed by atoms with Crippen molar-refractivity contribution in [3.63, 3.8) is 0 Å². The largest absolute Gasteiger partial charge is 0.357 e. The van der Waals surface area contributed by atoms with Gasteiger partial charge in [0.2, 0.25) is 0 Å². The van der Waals surface area contributed by atoms with Gasteiger partial charge in [-0.25, -0.2) is 4.98 Å². The van der Waals surface area contributed by atoms with Gasteiger partial charge in [0.1, 0.15) is 5.82 Å². The minimum absolute atomic E-state index is 0.477. The van der Waals surface area contributed by atoms with Gasteiger partial charge >= 0.3 is 0 Å². The fourth-order valence-corrected chi connectivity index (χ4v) is 3.07. The first-order valence-corrected chi connectivity index (χ1v) is 8.74. The molecule has 1 aliphatic rings. The zero-order valence-corrected chi connectivity index (χ0v) is 14.7. The fourth-order valence-electron chi connectivity index (χ4n) is 3.07. The normalized spacial score (nSPS) is 16.5. The van der Waals surface area contributed by atoms with Crippen molar-refractivity contribution in [2.24, 2.45) is 0 Å². The first-order valence-electron chi connectivity index (χ1n) is 8.74. The molecule has 0 saturated carbocycles. The maximum Gasteiger partial charge on any atom is 0.128 e. The Kier molecular flexibility index (Phi) is 6.65. The van der Waals surface area contributed by atoms with E-state index in [1.807, 2.05) is 0 Å². The van der Waals surface area contributed by atoms with E-state index in [2.05, 4.69) is 66.2 Å². The Bertz CT molecular complexity index is 423. The van der Waals surface area contributed by atoms with Crippen LogP contribution in [0.25, 0.3) is 0 Å². The minimum atomic E-state index is 0.477. The van der Waals surface area contributed by atoms with Gasteiger partial charge in [-0.15, -0.1) is 0 Å². The molecule has 1 aromatic heterocycles. The summed E-state index contributed by atoms with van der Waals surface area (Å²) in [5.41, 5.74) is 1.33. The molecule has 4 heteroatoms. The number of aromatic nitrogens is 1. The molecule has 0 unspecified atom stereocenters. The SMILES string of the molecule is CCCN(Cc1ccc(N(C)C(C)C)nc1)C1CCNCC1. The second-order valence-corrected chi connectivity index (χ2v) is 6.68. The van der Waals surface area contributed by atoms with Gasteiger partial charge in [0.25, 0.3) is 0 Å². The third-order valence-electron chi connectivity index (χ3n) is 4.67. The topological polar surface area (TPSA) is 31.4 Å². The lowest BCUT2D eigenvalue weighted by atomic mass is 10.0. The van der Waals surface area contributed by atoms with Gasteiger partial charge in [-0.1, -0.05) is 13.0 Å². The first-order chi connectivity index (χ1) is 10.6. The summed E-state index contributed by atoms with van der Waals surface area (Å²) in [4.78, 5) is 9.50. The molecule has 1 N–H and O–H groups in total. The van der Waals surface area contributed by atoms with Gasteiger partial charge in [-0.05, 0) is 64.4 Å². The molecule has 0 aromatic carbocycles. The maximum atomic E-state index is 4.65. The van der Waals surface area contributed by atoms with Gasteiger partial charge in [-0.2, -0.15) is 0 Å². The van der Waals surface area contributed by atoms with Gasteiger partial charge in [0.05, 0.1) is 0 Å². The number of pyridine rings is 1. The van der Waals surface area contributed by atoms with Crippen LogP contribution in [0.15, 0.2) is 18.3 Å². The summed E-state index contributed by atoms with van der Waals surface area (Å²) in [7, 11) is 2.10. The molecule has 2 rings (SSSR count). The quantitative estimate of drug-likeness (QED) is 0.839. The molecule has 1 saturated heterocycles. The summed E-state index contributed by atoms with van der Waals surface area (Å²) in [6.07, 6.45) is 5.80. The van der Waals surface area contributed by atoms with E-state index in [-0.39, 0.29) is 0 Å². The molecular weight excluding hydrogens is 272 g/mol. The lowest BCUT2D eigenvalue weighted by Crippen LogP contribution is -2.43. The Morgan fingerprint density at radius 2 is 2.00 bits per heavy atom. The number of hydrogen-bond acceptors (Lipinski definition) is 4. The molecule has 2 heterocycles. The average Bonchev–Trinajstić information content (AvgIpc) is 2.55. The second-order valence-electron chi connectivity index (χ2n) is 6.68. The summed E-state index contributed by atoms with van der Waals surface area (Å²) in [6.45, 7) is 11.2. The lowest BCUT2D eigenvalue weighted by molar-refractivity contribution is 0.154. The molecule has 0 spiro atoms. The Morgan fingerprint density at radius 3 is 2.55 bits per heavy atom. The Morgan fingerprint density at radius 1 is 1.27 bits per heavy atom. The van der Waals surface area contributed by atoms with Crippen molar-refractivity contribution in [2.45, 2.75) is 58.7 Å². The molecule has 1 aromatic rings. The number of piperidine rings is 1. The van der Waals surface area contributed by atoms with E-state index in [4.69, 9.17) is 0 Å². The summed E-state index contributed by atoms with van der Waals surface area (Å²) in [5, 5.41) is 3.46. The van der Waals surface area contributed by atoms with Crippen LogP contribution in [0.3, 0.4) is 0 Å². The van der Waals surface area contributed by atoms with Gasteiger partial charge in [0, 0.05) is 31.9 Å². The molecule has 1 fully saturated rings. The monoisotopic (exact) mass is 304 g/mol. The number of anilines is 1. The number of nitrogens with zero attached hydrogens (tertiary/aromatic N) is 3. The average molecular weight is 304 g/mol. The smallest absolute Gasteiger partial charge is 0.128 e. The zero-order chi connectivity index (χ0) is 15.9. The van der Waals surface area contributed by atoms with E-state index in [0.29, 0.717) is 6.04 Å². The second kappa shape index (κ2) is 8.49. The van der Waals surface area contributed by atoms with Crippen LogP contribution in [0.5, 0.6) is 0 Å². The highest BCUT2D eigenvalue weighted by Crippen LogP contribution is 2.18. The van der Waals surface area contributed by atoms with Crippen LogP contribution in [0.2, 0.25) is 0 Å². The fraction of sp³-hybridized carbons (Fsp3) is 0.722. The molecule has 22 heavy (non-hydrogen) atoms. The highest BCUT2D eigenvalue weighted by molar-refractivity contribution is 5.39. The standard InChI is InChI=1S/C18H32N4/c1-5-12-22(17-8-10-19-11-9-17)14-16-6-7-18(20-13-16)21(4)15(2)3/h6-7,13,15,17,19H,5,8-12,14H2,1-4H3. The summed E-state index contributed by atoms with van der Waals surface area (Å²) in [6, 6.07) is 5.59. The van der Waals surface area contributed by atoms with Gasteiger partial charge in [0.15, 0.2) is 0 Å². The number of nitrogens with one attached hydrogen (secondary N) is 1. The van der Waals surface area contributed by atoms with Crippen molar-refractivity contribution in [1.29, 1.82) is 0 Å². The third-order valence-corrected chi connectivity index (χ3v) is 4.67. The molecule has 1 aliphatic heterocycles. The van der Waals surface area contributed by atoms with Crippen molar-refractivity contribution in [2.75, 3.05) is 31.6 Å². The molecule has 0 bridgehead atoms. The first kappa shape index (κ1) is 17.2. The van der Waals surface area contributed by atoms with E-state index in [9.17, 15) is 0 Å².